The highest BCUT2D eigenvalue weighted by Gasteiger charge is 2.41. The van der Waals surface area contributed by atoms with Crippen molar-refractivity contribution >= 4 is 11.8 Å². The lowest BCUT2D eigenvalue weighted by molar-refractivity contribution is -0.184. The number of carbonyl (C=O) groups is 2. The van der Waals surface area contributed by atoms with E-state index in [9.17, 15) is 22.8 Å². The van der Waals surface area contributed by atoms with Crippen molar-refractivity contribution in [3.05, 3.63) is 0 Å². The summed E-state index contributed by atoms with van der Waals surface area (Å²) in [4.78, 5) is 22.1. The van der Waals surface area contributed by atoms with E-state index in [1.54, 1.807) is 0 Å². The Morgan fingerprint density at radius 1 is 1.31 bits per heavy atom. The molecular weight excluding hydrogens is 225 g/mol. The van der Waals surface area contributed by atoms with Gasteiger partial charge in [-0.1, -0.05) is 13.8 Å². The predicted octanol–water partition coefficient (Wildman–Crippen LogP) is 0.779. The molecule has 0 aromatic heterocycles. The van der Waals surface area contributed by atoms with Crippen LogP contribution in [0.4, 0.5) is 13.2 Å². The fourth-order valence-corrected chi connectivity index (χ4v) is 0.877. The van der Waals surface area contributed by atoms with Crippen molar-refractivity contribution in [3.8, 4) is 0 Å². The van der Waals surface area contributed by atoms with E-state index in [4.69, 9.17) is 0 Å². The van der Waals surface area contributed by atoms with E-state index in [0.29, 0.717) is 11.4 Å². The number of hydrogen-bond acceptors (Lipinski definition) is 2. The first-order chi connectivity index (χ1) is 7.14. The molecule has 2 amide bonds. The van der Waals surface area contributed by atoms with Gasteiger partial charge in [0.05, 0.1) is 6.54 Å². The first-order valence-electron chi connectivity index (χ1n) is 4.73. The van der Waals surface area contributed by atoms with Crippen LogP contribution in [0, 0.1) is 5.92 Å². The summed E-state index contributed by atoms with van der Waals surface area (Å²) in [6, 6.07) is 0. The maximum absolute atomic E-state index is 11.9. The number of alkyl halides is 3. The van der Waals surface area contributed by atoms with Crippen LogP contribution in [0.15, 0.2) is 0 Å². The Balaban J connectivity index is 4.10. The third-order valence-corrected chi connectivity index (χ3v) is 1.68. The predicted molar refractivity (Wildman–Crippen MR) is 51.5 cm³/mol. The maximum atomic E-state index is 11.9. The standard InChI is InChI=1S/C9H15F3N2O2/c1-6(2)4-13-7(15)5-14(3)8(16)9(10,11)12/h6H,4-5H2,1-3H3,(H,13,15). The van der Waals surface area contributed by atoms with Crippen molar-refractivity contribution in [2.24, 2.45) is 5.92 Å². The molecule has 4 nitrogen and oxygen atoms in total. The van der Waals surface area contributed by atoms with Crippen molar-refractivity contribution in [3.63, 3.8) is 0 Å². The number of nitrogens with one attached hydrogen (secondary N) is 1. The van der Waals surface area contributed by atoms with Crippen LogP contribution in [0.1, 0.15) is 13.8 Å². The number of likely N-dealkylation sites (N-methyl/N-ethyl adjacent to an activating group) is 1. The van der Waals surface area contributed by atoms with E-state index in [1.165, 1.54) is 0 Å². The van der Waals surface area contributed by atoms with Crippen molar-refractivity contribution < 1.29 is 22.8 Å². The van der Waals surface area contributed by atoms with Crippen molar-refractivity contribution in [1.29, 1.82) is 0 Å². The van der Waals surface area contributed by atoms with Crippen molar-refractivity contribution in [2.45, 2.75) is 20.0 Å². The minimum absolute atomic E-state index is 0.201. The number of carbonyl (C=O) groups excluding carboxylic acids is 2. The molecule has 0 heterocycles. The molecule has 0 unspecified atom stereocenters. The van der Waals surface area contributed by atoms with Gasteiger partial charge in [-0.3, -0.25) is 9.59 Å². The first kappa shape index (κ1) is 14.7. The fourth-order valence-electron chi connectivity index (χ4n) is 0.877. The van der Waals surface area contributed by atoms with Gasteiger partial charge in [-0.2, -0.15) is 13.2 Å². The number of halogens is 3. The van der Waals surface area contributed by atoms with Gasteiger partial charge in [0.25, 0.3) is 0 Å². The number of hydrogen-bond donors (Lipinski definition) is 1. The molecule has 0 saturated heterocycles. The topological polar surface area (TPSA) is 49.4 Å². The second-order valence-corrected chi connectivity index (χ2v) is 3.86. The lowest BCUT2D eigenvalue weighted by atomic mass is 10.2. The Bertz CT molecular complexity index is 264. The minimum Gasteiger partial charge on any atom is -0.354 e. The average molecular weight is 240 g/mol. The number of rotatable bonds is 4. The molecule has 7 heteroatoms. The summed E-state index contributed by atoms with van der Waals surface area (Å²) >= 11 is 0. The molecule has 0 aromatic rings. The van der Waals surface area contributed by atoms with Gasteiger partial charge in [0.15, 0.2) is 0 Å². The zero-order chi connectivity index (χ0) is 12.9. The molecular formula is C9H15F3N2O2. The highest BCUT2D eigenvalue weighted by atomic mass is 19.4. The van der Waals surface area contributed by atoms with Crippen LogP contribution in [-0.4, -0.2) is 43.0 Å². The highest BCUT2D eigenvalue weighted by Crippen LogP contribution is 2.17. The van der Waals surface area contributed by atoms with E-state index in [2.05, 4.69) is 5.32 Å². The minimum atomic E-state index is -4.94. The Kier molecular flexibility index (Phi) is 5.26. The Morgan fingerprint density at radius 3 is 2.19 bits per heavy atom. The first-order valence-corrected chi connectivity index (χ1v) is 4.73. The van der Waals surface area contributed by atoms with Crippen LogP contribution in [-0.2, 0) is 9.59 Å². The van der Waals surface area contributed by atoms with E-state index in [0.717, 1.165) is 7.05 Å². The molecule has 0 bridgehead atoms. The molecule has 0 rings (SSSR count). The van der Waals surface area contributed by atoms with Gasteiger partial charge in [-0.25, -0.2) is 0 Å². The van der Waals surface area contributed by atoms with Gasteiger partial charge >= 0.3 is 12.1 Å². The maximum Gasteiger partial charge on any atom is 0.471 e. The molecule has 1 N–H and O–H groups in total. The molecule has 0 aliphatic carbocycles. The van der Waals surface area contributed by atoms with E-state index >= 15 is 0 Å². The number of amides is 2. The normalized spacial score (nSPS) is 11.4. The van der Waals surface area contributed by atoms with Crippen molar-refractivity contribution in [2.75, 3.05) is 20.1 Å². The molecule has 0 aliphatic rings. The summed E-state index contributed by atoms with van der Waals surface area (Å²) in [5, 5.41) is 2.42. The van der Waals surface area contributed by atoms with Gasteiger partial charge in [0.2, 0.25) is 5.91 Å². The van der Waals surface area contributed by atoms with Gasteiger partial charge in [-0.05, 0) is 5.92 Å². The third kappa shape index (κ3) is 5.57. The lowest BCUT2D eigenvalue weighted by Gasteiger charge is -2.18. The van der Waals surface area contributed by atoms with E-state index < -0.39 is 24.5 Å². The largest absolute Gasteiger partial charge is 0.471 e. The molecule has 0 fully saturated rings. The van der Waals surface area contributed by atoms with Crippen LogP contribution in [0.3, 0.4) is 0 Å². The summed E-state index contributed by atoms with van der Waals surface area (Å²) in [6.45, 7) is 3.48. The molecule has 94 valence electrons. The zero-order valence-electron chi connectivity index (χ0n) is 9.39. The lowest BCUT2D eigenvalue weighted by Crippen LogP contribution is -2.44. The van der Waals surface area contributed by atoms with Gasteiger partial charge < -0.3 is 10.2 Å². The Hall–Kier alpha value is -1.27. The highest BCUT2D eigenvalue weighted by molar-refractivity contribution is 5.87. The van der Waals surface area contributed by atoms with Crippen molar-refractivity contribution in [1.82, 2.24) is 10.2 Å². The second-order valence-electron chi connectivity index (χ2n) is 3.86. The molecule has 0 aliphatic heterocycles. The summed E-state index contributed by atoms with van der Waals surface area (Å²) in [6.07, 6.45) is -4.94. The average Bonchev–Trinajstić information content (AvgIpc) is 2.11. The van der Waals surface area contributed by atoms with E-state index in [1.807, 2.05) is 13.8 Å². The molecule has 16 heavy (non-hydrogen) atoms. The van der Waals surface area contributed by atoms with E-state index in [-0.39, 0.29) is 5.92 Å². The Morgan fingerprint density at radius 2 is 1.81 bits per heavy atom. The van der Waals surface area contributed by atoms with Crippen LogP contribution < -0.4 is 5.32 Å². The molecule has 0 aromatic carbocycles. The third-order valence-electron chi connectivity index (χ3n) is 1.68. The summed E-state index contributed by atoms with van der Waals surface area (Å²) in [5.74, 6) is -2.42. The smallest absolute Gasteiger partial charge is 0.354 e. The Labute approximate surface area is 91.8 Å². The fraction of sp³-hybridized carbons (Fsp3) is 0.778. The van der Waals surface area contributed by atoms with Gasteiger partial charge in [-0.15, -0.1) is 0 Å². The summed E-state index contributed by atoms with van der Waals surface area (Å²) in [5.41, 5.74) is 0. The SMILES string of the molecule is CC(C)CNC(=O)CN(C)C(=O)C(F)(F)F. The van der Waals surface area contributed by atoms with Crippen LogP contribution in [0.5, 0.6) is 0 Å². The second kappa shape index (κ2) is 5.72. The van der Waals surface area contributed by atoms with Gasteiger partial charge in [0, 0.05) is 13.6 Å². The monoisotopic (exact) mass is 240 g/mol. The quantitative estimate of drug-likeness (QED) is 0.789. The molecule has 0 radical (unpaired) electrons. The molecule has 0 spiro atoms. The molecule has 0 saturated carbocycles. The summed E-state index contributed by atoms with van der Waals surface area (Å²) < 4.78 is 35.8. The van der Waals surface area contributed by atoms with Crippen LogP contribution in [0.2, 0.25) is 0 Å². The van der Waals surface area contributed by atoms with Crippen LogP contribution in [0.25, 0.3) is 0 Å². The summed E-state index contributed by atoms with van der Waals surface area (Å²) in [7, 11) is 0.935. The number of nitrogens with zero attached hydrogens (tertiary/aromatic N) is 1. The van der Waals surface area contributed by atoms with Crippen LogP contribution >= 0.6 is 0 Å². The molecule has 0 atom stereocenters. The zero-order valence-corrected chi connectivity index (χ0v) is 9.39. The van der Waals surface area contributed by atoms with Gasteiger partial charge in [0.1, 0.15) is 0 Å².